The summed E-state index contributed by atoms with van der Waals surface area (Å²) < 4.78 is 15.7. The van der Waals surface area contributed by atoms with Crippen molar-refractivity contribution in [2.75, 3.05) is 26.2 Å². The highest BCUT2D eigenvalue weighted by Crippen LogP contribution is 2.41. The number of rotatable bonds is 6. The van der Waals surface area contributed by atoms with Gasteiger partial charge in [0.15, 0.2) is 0 Å². The van der Waals surface area contributed by atoms with Crippen LogP contribution in [0.1, 0.15) is 33.7 Å². The molecule has 1 aliphatic rings. The van der Waals surface area contributed by atoms with Crippen LogP contribution < -0.4 is 0 Å². The summed E-state index contributed by atoms with van der Waals surface area (Å²) in [5.41, 5.74) is 3.34. The molecule has 1 atom stereocenters. The molecule has 36 heavy (non-hydrogen) atoms. The highest BCUT2D eigenvalue weighted by Gasteiger charge is 2.34. The van der Waals surface area contributed by atoms with Crippen molar-refractivity contribution in [2.45, 2.75) is 12.1 Å². The van der Waals surface area contributed by atoms with Gasteiger partial charge in [-0.15, -0.1) is 0 Å². The fourth-order valence-corrected chi connectivity index (χ4v) is 6.31. The van der Waals surface area contributed by atoms with E-state index in [9.17, 15) is 9.50 Å². The molecule has 2 aromatic heterocycles. The van der Waals surface area contributed by atoms with E-state index in [0.29, 0.717) is 4.96 Å². The van der Waals surface area contributed by atoms with Gasteiger partial charge in [-0.25, -0.2) is 9.37 Å². The Labute approximate surface area is 212 Å². The van der Waals surface area contributed by atoms with Gasteiger partial charge in [0, 0.05) is 26.2 Å². The van der Waals surface area contributed by atoms with Crippen LogP contribution in [0.3, 0.4) is 0 Å². The van der Waals surface area contributed by atoms with Crippen LogP contribution in [-0.2, 0) is 0 Å². The van der Waals surface area contributed by atoms with E-state index >= 15 is 0 Å². The maximum absolute atomic E-state index is 14.3. The number of thiazole rings is 1. The average molecular weight is 500 g/mol. The lowest BCUT2D eigenvalue weighted by Crippen LogP contribution is -2.49. The highest BCUT2D eigenvalue weighted by atomic mass is 32.1. The van der Waals surface area contributed by atoms with Gasteiger partial charge < -0.3 is 5.11 Å². The average Bonchev–Trinajstić information content (AvgIpc) is 3.50. The monoisotopic (exact) mass is 499 g/mol. The molecule has 0 spiro atoms. The number of fused-ring (bicyclic) bond motifs is 1. The molecule has 0 unspecified atom stereocenters. The van der Waals surface area contributed by atoms with Crippen molar-refractivity contribution >= 4 is 16.3 Å². The summed E-state index contributed by atoms with van der Waals surface area (Å²) in [5, 5.41) is 15.1. The number of benzene rings is 3. The molecule has 6 rings (SSSR count). The Hall–Kier alpha value is -3.59. The van der Waals surface area contributed by atoms with Crippen LogP contribution in [0.5, 0.6) is 5.88 Å². The van der Waals surface area contributed by atoms with E-state index in [1.54, 1.807) is 12.1 Å². The first-order chi connectivity index (χ1) is 17.7. The fraction of sp³-hybridized carbons (Fsp3) is 0.214. The van der Waals surface area contributed by atoms with Crippen LogP contribution in [-0.4, -0.2) is 55.7 Å². The first-order valence-electron chi connectivity index (χ1n) is 12.0. The van der Waals surface area contributed by atoms with Crippen molar-refractivity contribution in [1.29, 1.82) is 0 Å². The molecule has 1 aliphatic heterocycles. The number of halogens is 1. The maximum Gasteiger partial charge on any atom is 0.230 e. The Morgan fingerprint density at radius 1 is 0.750 bits per heavy atom. The Kier molecular flexibility index (Phi) is 6.23. The largest absolute Gasteiger partial charge is 0.492 e. The van der Waals surface area contributed by atoms with Crippen LogP contribution >= 0.6 is 11.3 Å². The van der Waals surface area contributed by atoms with E-state index in [4.69, 9.17) is 0 Å². The van der Waals surface area contributed by atoms with Crippen molar-refractivity contribution < 1.29 is 9.50 Å². The lowest BCUT2D eigenvalue weighted by molar-refractivity contribution is 0.0898. The normalized spacial score (nSPS) is 16.1. The van der Waals surface area contributed by atoms with Gasteiger partial charge in [-0.3, -0.25) is 9.80 Å². The second-order valence-corrected chi connectivity index (χ2v) is 10.0. The molecule has 0 saturated carbocycles. The first-order valence-corrected chi connectivity index (χ1v) is 12.9. The van der Waals surface area contributed by atoms with Gasteiger partial charge in [0.1, 0.15) is 12.1 Å². The molecule has 3 aromatic carbocycles. The van der Waals surface area contributed by atoms with Crippen molar-refractivity contribution in [3.63, 3.8) is 0 Å². The lowest BCUT2D eigenvalue weighted by atomic mass is 9.96. The minimum Gasteiger partial charge on any atom is -0.492 e. The molecule has 8 heteroatoms. The summed E-state index contributed by atoms with van der Waals surface area (Å²) in [6, 6.07) is 27.7. The van der Waals surface area contributed by atoms with Gasteiger partial charge >= 0.3 is 0 Å². The lowest BCUT2D eigenvalue weighted by Gasteiger charge is -2.42. The van der Waals surface area contributed by atoms with E-state index in [1.165, 1.54) is 39.4 Å². The number of aromatic hydroxyl groups is 1. The standard InChI is InChI=1S/C28H26FN5OS/c29-23-13-7-12-22(18-23)25(26-27(35)34-28(36-26)30-19-31-34)33-16-14-32(15-17-33)24(20-8-3-1-4-9-20)21-10-5-2-6-11-21/h1-13,18-19,24-25,35H,14-17H2/t25-/m0/s1. The zero-order valence-corrected chi connectivity index (χ0v) is 20.4. The molecule has 0 amide bonds. The van der Waals surface area contributed by atoms with Crippen LogP contribution in [0.25, 0.3) is 4.96 Å². The zero-order valence-electron chi connectivity index (χ0n) is 19.6. The van der Waals surface area contributed by atoms with Gasteiger partial charge in [-0.2, -0.15) is 9.61 Å². The van der Waals surface area contributed by atoms with Gasteiger partial charge in [-0.1, -0.05) is 84.1 Å². The van der Waals surface area contributed by atoms with Gasteiger partial charge in [-0.05, 0) is 28.8 Å². The van der Waals surface area contributed by atoms with Gasteiger partial charge in [0.25, 0.3) is 0 Å². The number of hydrogen-bond acceptors (Lipinski definition) is 6. The minimum atomic E-state index is -0.289. The molecule has 1 saturated heterocycles. The second-order valence-electron chi connectivity index (χ2n) is 9.00. The molecule has 0 bridgehead atoms. The van der Waals surface area contributed by atoms with E-state index in [0.717, 1.165) is 36.6 Å². The Morgan fingerprint density at radius 2 is 1.33 bits per heavy atom. The predicted molar refractivity (Wildman–Crippen MR) is 139 cm³/mol. The molecular weight excluding hydrogens is 473 g/mol. The number of hydrogen-bond donors (Lipinski definition) is 1. The third-order valence-corrected chi connectivity index (χ3v) is 7.95. The minimum absolute atomic E-state index is 0.0654. The quantitative estimate of drug-likeness (QED) is 0.351. The molecule has 5 aromatic rings. The molecule has 1 fully saturated rings. The van der Waals surface area contributed by atoms with Crippen molar-refractivity contribution in [3.8, 4) is 5.88 Å². The summed E-state index contributed by atoms with van der Waals surface area (Å²) in [7, 11) is 0. The van der Waals surface area contributed by atoms with Crippen LogP contribution in [0.4, 0.5) is 4.39 Å². The van der Waals surface area contributed by atoms with Gasteiger partial charge in [0.2, 0.25) is 10.8 Å². The van der Waals surface area contributed by atoms with E-state index in [-0.39, 0.29) is 23.8 Å². The summed E-state index contributed by atoms with van der Waals surface area (Å²) >= 11 is 1.40. The first kappa shape index (κ1) is 22.8. The highest BCUT2D eigenvalue weighted by molar-refractivity contribution is 7.17. The Bertz CT molecular complexity index is 1410. The molecule has 1 N–H and O–H groups in total. The van der Waals surface area contributed by atoms with Crippen molar-refractivity contribution in [2.24, 2.45) is 0 Å². The smallest absolute Gasteiger partial charge is 0.230 e. The molecule has 3 heterocycles. The number of aromatic nitrogens is 3. The summed E-state index contributed by atoms with van der Waals surface area (Å²) in [6.45, 7) is 3.21. The Balaban J connectivity index is 1.32. The topological polar surface area (TPSA) is 56.9 Å². The van der Waals surface area contributed by atoms with E-state index < -0.39 is 0 Å². The summed E-state index contributed by atoms with van der Waals surface area (Å²) in [4.78, 5) is 10.4. The molecule has 6 nitrogen and oxygen atoms in total. The van der Waals surface area contributed by atoms with E-state index in [1.807, 2.05) is 18.2 Å². The number of nitrogens with zero attached hydrogens (tertiary/aromatic N) is 5. The maximum atomic E-state index is 14.3. The van der Waals surface area contributed by atoms with Crippen LogP contribution in [0.15, 0.2) is 91.3 Å². The molecule has 0 aliphatic carbocycles. The van der Waals surface area contributed by atoms with Crippen LogP contribution in [0, 0.1) is 5.82 Å². The van der Waals surface area contributed by atoms with Crippen molar-refractivity contribution in [3.05, 3.63) is 119 Å². The number of piperazine rings is 1. The third kappa shape index (κ3) is 4.28. The van der Waals surface area contributed by atoms with Crippen molar-refractivity contribution in [1.82, 2.24) is 24.4 Å². The summed E-state index contributed by atoms with van der Waals surface area (Å²) in [5.74, 6) is -0.223. The summed E-state index contributed by atoms with van der Waals surface area (Å²) in [6.07, 6.45) is 1.43. The molecule has 182 valence electrons. The molecular formula is C28H26FN5OS. The third-order valence-electron chi connectivity index (χ3n) is 6.86. The predicted octanol–water partition coefficient (Wildman–Crippen LogP) is 5.13. The SMILES string of the molecule is Oc1c([C@H](c2cccc(F)c2)N2CCN(C(c3ccccc3)c3ccccc3)CC2)sc2ncnn12. The zero-order chi connectivity index (χ0) is 24.5. The van der Waals surface area contributed by atoms with Gasteiger partial charge in [0.05, 0.1) is 17.0 Å². The Morgan fingerprint density at radius 3 is 1.92 bits per heavy atom. The second kappa shape index (κ2) is 9.81. The molecule has 0 radical (unpaired) electrons. The van der Waals surface area contributed by atoms with Crippen LogP contribution in [0.2, 0.25) is 0 Å². The fourth-order valence-electron chi connectivity index (χ4n) is 5.22. The van der Waals surface area contributed by atoms with E-state index in [2.05, 4.69) is 68.4 Å².